The van der Waals surface area contributed by atoms with Crippen LogP contribution in [0.1, 0.15) is 5.82 Å². The van der Waals surface area contributed by atoms with Crippen LogP contribution in [-0.2, 0) is 16.4 Å². The molecule has 1 aromatic heterocycles. The van der Waals surface area contributed by atoms with E-state index in [-0.39, 0.29) is 11.8 Å². The fraction of sp³-hybridized carbons (Fsp3) is 0.333. The molecule has 1 aliphatic rings. The normalized spacial score (nSPS) is 23.1. The van der Waals surface area contributed by atoms with Crippen molar-refractivity contribution in [2.45, 2.75) is 12.6 Å². The van der Waals surface area contributed by atoms with Crippen molar-refractivity contribution in [3.05, 3.63) is 35.8 Å². The van der Waals surface area contributed by atoms with Crippen LogP contribution in [0.3, 0.4) is 0 Å². The maximum Gasteiger partial charge on any atom is 0.173 e. The van der Waals surface area contributed by atoms with Gasteiger partial charge in [0.1, 0.15) is 5.82 Å². The Kier molecular flexibility index (Phi) is 2.79. The maximum absolute atomic E-state index is 11.1. The Hall–Kier alpha value is -1.27. The van der Waals surface area contributed by atoms with Gasteiger partial charge in [-0.25, -0.2) is 18.4 Å². The highest BCUT2D eigenvalue weighted by molar-refractivity contribution is 7.94. The summed E-state index contributed by atoms with van der Waals surface area (Å²) in [6.07, 6.45) is 4.97. The number of rotatable bonds is 3. The van der Waals surface area contributed by atoms with Gasteiger partial charge in [0.25, 0.3) is 0 Å². The van der Waals surface area contributed by atoms with E-state index in [9.17, 15) is 8.42 Å². The van der Waals surface area contributed by atoms with Gasteiger partial charge in [-0.05, 0) is 6.07 Å². The lowest BCUT2D eigenvalue weighted by molar-refractivity contribution is 0.584. The summed E-state index contributed by atoms with van der Waals surface area (Å²) in [7, 11) is -2.98. The molecule has 1 unspecified atom stereocenters. The topological polar surface area (TPSA) is 72.0 Å². The number of nitrogens with one attached hydrogen (secondary N) is 1. The van der Waals surface area contributed by atoms with E-state index in [1.807, 2.05) is 0 Å². The van der Waals surface area contributed by atoms with Gasteiger partial charge in [0.15, 0.2) is 9.84 Å². The van der Waals surface area contributed by atoms with Gasteiger partial charge in [-0.2, -0.15) is 0 Å². The van der Waals surface area contributed by atoms with E-state index >= 15 is 0 Å². The summed E-state index contributed by atoms with van der Waals surface area (Å²) >= 11 is 0. The van der Waals surface area contributed by atoms with Crippen LogP contribution in [0.15, 0.2) is 29.9 Å². The fourth-order valence-electron chi connectivity index (χ4n) is 1.35. The summed E-state index contributed by atoms with van der Waals surface area (Å²) in [5.41, 5.74) is 0. The number of hydrogen-bond acceptors (Lipinski definition) is 5. The molecule has 1 aliphatic heterocycles. The van der Waals surface area contributed by atoms with Crippen LogP contribution in [0.2, 0.25) is 0 Å². The van der Waals surface area contributed by atoms with E-state index in [4.69, 9.17) is 0 Å². The summed E-state index contributed by atoms with van der Waals surface area (Å²) in [5, 5.41) is 4.31. The molecule has 0 aromatic carbocycles. The minimum absolute atomic E-state index is 0.125. The lowest BCUT2D eigenvalue weighted by Gasteiger charge is -2.07. The highest BCUT2D eigenvalue weighted by Crippen LogP contribution is 2.07. The van der Waals surface area contributed by atoms with Gasteiger partial charge in [0, 0.05) is 23.8 Å². The molecule has 0 spiro atoms. The second kappa shape index (κ2) is 4.08. The molecular formula is C9H11N3O2S. The number of aromatic nitrogens is 2. The molecule has 2 heterocycles. The van der Waals surface area contributed by atoms with E-state index in [1.54, 1.807) is 24.5 Å². The molecule has 0 bridgehead atoms. The first-order valence-corrected chi connectivity index (χ1v) is 6.27. The Bertz CT molecular complexity index is 456. The standard InChI is InChI=1S/C9H11N3O2S/c13-15(14)5-2-8(7-15)12-6-9-10-3-1-4-11-9/h1-5,8,12H,6-7H2. The Labute approximate surface area is 88.2 Å². The van der Waals surface area contributed by atoms with E-state index in [2.05, 4.69) is 15.3 Å². The third-order valence-electron chi connectivity index (χ3n) is 2.07. The molecule has 80 valence electrons. The summed E-state index contributed by atoms with van der Waals surface area (Å²) in [4.78, 5) is 8.06. The molecule has 1 aromatic rings. The molecule has 6 heteroatoms. The molecule has 5 nitrogen and oxygen atoms in total. The summed E-state index contributed by atoms with van der Waals surface area (Å²) in [6.45, 7) is 0.478. The van der Waals surface area contributed by atoms with Crippen LogP contribution < -0.4 is 5.32 Å². The predicted molar refractivity (Wildman–Crippen MR) is 55.6 cm³/mol. The first kappa shape index (κ1) is 10.3. The van der Waals surface area contributed by atoms with Gasteiger partial charge >= 0.3 is 0 Å². The highest BCUT2D eigenvalue weighted by atomic mass is 32.2. The second-order valence-corrected chi connectivity index (χ2v) is 5.24. The smallest absolute Gasteiger partial charge is 0.173 e. The zero-order chi connectivity index (χ0) is 10.7. The molecular weight excluding hydrogens is 214 g/mol. The van der Waals surface area contributed by atoms with Gasteiger partial charge in [-0.3, -0.25) is 0 Å². The van der Waals surface area contributed by atoms with Crippen molar-refractivity contribution < 1.29 is 8.42 Å². The van der Waals surface area contributed by atoms with Crippen molar-refractivity contribution in [2.75, 3.05) is 5.75 Å². The van der Waals surface area contributed by atoms with Gasteiger partial charge in [-0.1, -0.05) is 6.08 Å². The summed E-state index contributed by atoms with van der Waals surface area (Å²) < 4.78 is 22.2. The molecule has 1 N–H and O–H groups in total. The monoisotopic (exact) mass is 225 g/mol. The SMILES string of the molecule is O=S1(=O)C=CC(NCc2ncccn2)C1. The number of nitrogens with zero attached hydrogens (tertiary/aromatic N) is 2. The van der Waals surface area contributed by atoms with Gasteiger partial charge in [0.05, 0.1) is 12.3 Å². The third kappa shape index (κ3) is 2.84. The van der Waals surface area contributed by atoms with Crippen molar-refractivity contribution in [1.82, 2.24) is 15.3 Å². The molecule has 0 aliphatic carbocycles. The maximum atomic E-state index is 11.1. The van der Waals surface area contributed by atoms with Crippen LogP contribution in [0.25, 0.3) is 0 Å². The van der Waals surface area contributed by atoms with E-state index in [1.165, 1.54) is 5.41 Å². The average molecular weight is 225 g/mol. The van der Waals surface area contributed by atoms with E-state index in [0.717, 1.165) is 0 Å². The molecule has 0 saturated heterocycles. The largest absolute Gasteiger partial charge is 0.302 e. The lowest BCUT2D eigenvalue weighted by atomic mass is 10.3. The van der Waals surface area contributed by atoms with Gasteiger partial charge < -0.3 is 5.32 Å². The lowest BCUT2D eigenvalue weighted by Crippen LogP contribution is -2.30. The Morgan fingerprint density at radius 1 is 1.40 bits per heavy atom. The van der Waals surface area contributed by atoms with E-state index in [0.29, 0.717) is 12.4 Å². The first-order chi connectivity index (χ1) is 7.16. The first-order valence-electron chi connectivity index (χ1n) is 4.56. The second-order valence-electron chi connectivity index (χ2n) is 3.31. The van der Waals surface area contributed by atoms with Crippen molar-refractivity contribution >= 4 is 9.84 Å². The Balaban J connectivity index is 1.89. The van der Waals surface area contributed by atoms with Crippen molar-refractivity contribution in [3.63, 3.8) is 0 Å². The van der Waals surface area contributed by atoms with Crippen LogP contribution in [0, 0.1) is 0 Å². The molecule has 2 rings (SSSR count). The van der Waals surface area contributed by atoms with Crippen LogP contribution in [-0.4, -0.2) is 30.2 Å². The Morgan fingerprint density at radius 2 is 2.13 bits per heavy atom. The van der Waals surface area contributed by atoms with Gasteiger partial charge in [-0.15, -0.1) is 0 Å². The fourth-order valence-corrected chi connectivity index (χ4v) is 2.62. The number of sulfone groups is 1. The summed E-state index contributed by atoms with van der Waals surface area (Å²) in [6, 6.07) is 1.61. The van der Waals surface area contributed by atoms with Crippen molar-refractivity contribution in [2.24, 2.45) is 0 Å². The molecule has 0 saturated carbocycles. The predicted octanol–water partition coefficient (Wildman–Crippen LogP) is -0.123. The molecule has 0 amide bonds. The Morgan fingerprint density at radius 3 is 2.73 bits per heavy atom. The highest BCUT2D eigenvalue weighted by Gasteiger charge is 2.20. The van der Waals surface area contributed by atoms with Crippen molar-refractivity contribution in [1.29, 1.82) is 0 Å². The van der Waals surface area contributed by atoms with Crippen LogP contribution in [0.4, 0.5) is 0 Å². The quantitative estimate of drug-likeness (QED) is 0.776. The van der Waals surface area contributed by atoms with E-state index < -0.39 is 9.84 Å². The molecule has 0 radical (unpaired) electrons. The molecule has 1 atom stereocenters. The zero-order valence-corrected chi connectivity index (χ0v) is 8.81. The number of hydrogen-bond donors (Lipinski definition) is 1. The zero-order valence-electron chi connectivity index (χ0n) is 8.00. The summed E-state index contributed by atoms with van der Waals surface area (Å²) in [5.74, 6) is 0.787. The third-order valence-corrected chi connectivity index (χ3v) is 3.47. The average Bonchev–Trinajstić information content (AvgIpc) is 2.57. The minimum atomic E-state index is -2.98. The molecule has 0 fully saturated rings. The molecule has 15 heavy (non-hydrogen) atoms. The van der Waals surface area contributed by atoms with Crippen LogP contribution in [0.5, 0.6) is 0 Å². The van der Waals surface area contributed by atoms with Gasteiger partial charge in [0.2, 0.25) is 0 Å². The van der Waals surface area contributed by atoms with Crippen molar-refractivity contribution in [3.8, 4) is 0 Å². The minimum Gasteiger partial charge on any atom is -0.302 e. The van der Waals surface area contributed by atoms with Crippen LogP contribution >= 0.6 is 0 Å².